The fourth-order valence-electron chi connectivity index (χ4n) is 10.2. The van der Waals surface area contributed by atoms with Crippen LogP contribution in [0.5, 0.6) is 5.75 Å². The number of methoxy groups -OCH3 is 1. The molecule has 3 saturated heterocycles. The maximum absolute atomic E-state index is 15.5. The number of piperidine rings is 1. The number of sulfonamides is 1. The number of hydrogen-bond acceptors (Lipinski definition) is 8. The number of benzene rings is 2. The summed E-state index contributed by atoms with van der Waals surface area (Å²) in [4.78, 5) is 13.7. The number of carbonyl (C=O) groups excluding carboxylic acids is 1. The number of amides is 1. The van der Waals surface area contributed by atoms with Crippen LogP contribution in [-0.2, 0) is 31.5 Å². The summed E-state index contributed by atoms with van der Waals surface area (Å²) in [5, 5.41) is 12.0. The first kappa shape index (κ1) is 36.9. The van der Waals surface area contributed by atoms with E-state index in [2.05, 4.69) is 9.29 Å². The Morgan fingerprint density at radius 3 is 2.28 bits per heavy atom. The zero-order valence-corrected chi connectivity index (χ0v) is 32.8. The summed E-state index contributed by atoms with van der Waals surface area (Å²) in [5.74, 6) is -0.324. The second-order valence-electron chi connectivity index (χ2n) is 16.5. The number of nitrogens with one attached hydrogen (secondary N) is 1. The zero-order valence-electron chi connectivity index (χ0n) is 31.1. The maximum atomic E-state index is 15.5. The van der Waals surface area contributed by atoms with Gasteiger partial charge in [-0.15, -0.1) is 0 Å². The SMILES string of the molecule is COc1ccc2c(c1)C(C)C(C)(S(=O)(=O)N1C3CCC1CC(C)(O)C3)Cn1c-2c(C2CCCCC2)c2ccc(C(=O)NS(=O)(=O)N3CCOCC3)cc21. The summed E-state index contributed by atoms with van der Waals surface area (Å²) in [6.45, 7) is 6.62. The number of rotatable bonds is 7. The normalized spacial score (nSPS) is 30.1. The first-order chi connectivity index (χ1) is 25.1. The standard InChI is InChI=1S/C39H52N4O8S2/c1-25-33-21-30(50-4)13-15-31(33)36-35(26-8-6-5-7-9-26)32-14-10-27(37(44)40-53(48,49)41-16-18-51-19-17-41)20-34(32)42(36)24-39(25,3)52(46,47)43-28-11-12-29(43)23-38(2,45)22-28/h10,13-15,20-21,25-26,28-29,45H,5-9,11-12,16-19,22-24H2,1-4H3,(H,40,44). The van der Waals surface area contributed by atoms with Gasteiger partial charge in [-0.2, -0.15) is 17.0 Å². The van der Waals surface area contributed by atoms with Crippen LogP contribution in [0.2, 0.25) is 0 Å². The van der Waals surface area contributed by atoms with E-state index in [9.17, 15) is 18.3 Å². The highest BCUT2D eigenvalue weighted by atomic mass is 32.2. The van der Waals surface area contributed by atoms with Gasteiger partial charge in [-0.25, -0.2) is 13.1 Å². The van der Waals surface area contributed by atoms with Crippen molar-refractivity contribution in [3.8, 4) is 17.0 Å². The van der Waals surface area contributed by atoms with Crippen molar-refractivity contribution in [2.24, 2.45) is 0 Å². The summed E-state index contributed by atoms with van der Waals surface area (Å²) in [6.07, 6.45) is 7.57. The number of morpholine rings is 1. The smallest absolute Gasteiger partial charge is 0.304 e. The van der Waals surface area contributed by atoms with E-state index in [-0.39, 0.29) is 56.4 Å². The van der Waals surface area contributed by atoms with E-state index < -0.39 is 42.4 Å². The Morgan fingerprint density at radius 1 is 0.943 bits per heavy atom. The van der Waals surface area contributed by atoms with Crippen molar-refractivity contribution >= 4 is 37.0 Å². The Labute approximate surface area is 313 Å². The molecule has 4 atom stereocenters. The van der Waals surface area contributed by atoms with Crippen LogP contribution in [0.4, 0.5) is 0 Å². The minimum Gasteiger partial charge on any atom is -0.497 e. The molecule has 1 aromatic heterocycles. The van der Waals surface area contributed by atoms with Crippen LogP contribution < -0.4 is 9.46 Å². The van der Waals surface area contributed by atoms with Crippen LogP contribution in [0, 0.1) is 0 Å². The molecule has 1 amide bonds. The summed E-state index contributed by atoms with van der Waals surface area (Å²) in [6, 6.07) is 10.7. The largest absolute Gasteiger partial charge is 0.497 e. The second kappa shape index (κ2) is 13.3. The molecule has 2 bridgehead atoms. The molecule has 5 heterocycles. The Balaban J connectivity index is 1.32. The van der Waals surface area contributed by atoms with E-state index in [1.54, 1.807) is 23.5 Å². The molecule has 3 aromatic rings. The predicted molar refractivity (Wildman–Crippen MR) is 203 cm³/mol. The summed E-state index contributed by atoms with van der Waals surface area (Å²) in [7, 11) is -6.50. The number of nitrogens with zero attached hydrogens (tertiary/aromatic N) is 3. The van der Waals surface area contributed by atoms with Crippen LogP contribution in [0.3, 0.4) is 0 Å². The molecule has 2 aromatic carbocycles. The molecule has 0 spiro atoms. The van der Waals surface area contributed by atoms with Crippen molar-refractivity contribution in [3.63, 3.8) is 0 Å². The van der Waals surface area contributed by atoms with Crippen LogP contribution in [0.15, 0.2) is 36.4 Å². The van der Waals surface area contributed by atoms with Gasteiger partial charge in [0.05, 0.1) is 31.6 Å². The van der Waals surface area contributed by atoms with Crippen LogP contribution >= 0.6 is 0 Å². The molecule has 0 radical (unpaired) electrons. The molecule has 12 nitrogen and oxygen atoms in total. The van der Waals surface area contributed by atoms with Crippen LogP contribution in [0.1, 0.15) is 112 Å². The number of hydrogen-bond donors (Lipinski definition) is 2. The highest BCUT2D eigenvalue weighted by Gasteiger charge is 2.58. The van der Waals surface area contributed by atoms with Gasteiger partial charge in [-0.05, 0) is 99.7 Å². The first-order valence-electron chi connectivity index (χ1n) is 19.1. The molecule has 14 heteroatoms. The van der Waals surface area contributed by atoms with Crippen molar-refractivity contribution in [3.05, 3.63) is 53.1 Å². The van der Waals surface area contributed by atoms with Gasteiger partial charge in [-0.3, -0.25) is 4.79 Å². The van der Waals surface area contributed by atoms with Crippen molar-refractivity contribution in [2.45, 2.75) is 119 Å². The fourth-order valence-corrected chi connectivity index (χ4v) is 13.8. The van der Waals surface area contributed by atoms with Gasteiger partial charge in [0.25, 0.3) is 5.91 Å². The molecule has 5 aliphatic rings. The van der Waals surface area contributed by atoms with E-state index in [1.807, 2.05) is 45.0 Å². The molecule has 1 saturated carbocycles. The lowest BCUT2D eigenvalue weighted by molar-refractivity contribution is -0.0139. The van der Waals surface area contributed by atoms with Gasteiger partial charge >= 0.3 is 10.2 Å². The van der Waals surface area contributed by atoms with Crippen molar-refractivity contribution in [1.82, 2.24) is 17.9 Å². The number of carbonyl (C=O) groups is 1. The van der Waals surface area contributed by atoms with E-state index >= 15 is 8.42 Å². The minimum atomic E-state index is -4.10. The molecule has 53 heavy (non-hydrogen) atoms. The van der Waals surface area contributed by atoms with E-state index in [0.29, 0.717) is 36.9 Å². The summed E-state index contributed by atoms with van der Waals surface area (Å²) < 4.78 is 74.4. The van der Waals surface area contributed by atoms with Crippen LogP contribution in [0.25, 0.3) is 22.2 Å². The monoisotopic (exact) mass is 768 g/mol. The summed E-state index contributed by atoms with van der Waals surface area (Å²) >= 11 is 0. The third-order valence-corrected chi connectivity index (χ3v) is 17.4. The highest BCUT2D eigenvalue weighted by molar-refractivity contribution is 7.90. The van der Waals surface area contributed by atoms with Crippen molar-refractivity contribution in [1.29, 1.82) is 0 Å². The zero-order chi connectivity index (χ0) is 37.5. The lowest BCUT2D eigenvalue weighted by Gasteiger charge is -2.46. The van der Waals surface area contributed by atoms with Gasteiger partial charge < -0.3 is 19.1 Å². The number of ether oxygens (including phenoxy) is 2. The van der Waals surface area contributed by atoms with Gasteiger partial charge in [0.1, 0.15) is 10.5 Å². The number of aromatic nitrogens is 1. The Hall–Kier alpha value is -3.01. The van der Waals surface area contributed by atoms with Gasteiger partial charge in [0.15, 0.2) is 0 Å². The fraction of sp³-hybridized carbons (Fsp3) is 0.615. The van der Waals surface area contributed by atoms with E-state index in [1.165, 1.54) is 10.7 Å². The Bertz CT molecular complexity index is 2140. The second-order valence-corrected chi connectivity index (χ2v) is 20.5. The molecule has 2 N–H and O–H groups in total. The molecular weight excluding hydrogens is 717 g/mol. The molecule has 4 fully saturated rings. The Morgan fingerprint density at radius 2 is 1.62 bits per heavy atom. The topological polar surface area (TPSA) is 147 Å². The van der Waals surface area contributed by atoms with Gasteiger partial charge in [0, 0.05) is 59.7 Å². The van der Waals surface area contributed by atoms with Gasteiger partial charge in [0.2, 0.25) is 10.0 Å². The van der Waals surface area contributed by atoms with Crippen molar-refractivity contribution < 1.29 is 36.2 Å². The first-order valence-corrected chi connectivity index (χ1v) is 22.0. The average molecular weight is 769 g/mol. The number of fused-ring (bicyclic) bond motifs is 7. The third kappa shape index (κ3) is 6.12. The molecule has 288 valence electrons. The minimum absolute atomic E-state index is 0.121. The Kier molecular flexibility index (Phi) is 9.29. The molecule has 1 aliphatic carbocycles. The number of aliphatic hydroxyl groups is 1. The van der Waals surface area contributed by atoms with E-state index in [4.69, 9.17) is 9.47 Å². The lowest BCUT2D eigenvalue weighted by atomic mass is 9.80. The molecule has 8 rings (SSSR count). The van der Waals surface area contributed by atoms with Gasteiger partial charge in [-0.1, -0.05) is 32.3 Å². The third-order valence-electron chi connectivity index (χ3n) is 13.0. The lowest BCUT2D eigenvalue weighted by Crippen LogP contribution is -2.59. The molecular formula is C39H52N4O8S2. The maximum Gasteiger partial charge on any atom is 0.304 e. The highest BCUT2D eigenvalue weighted by Crippen LogP contribution is 2.54. The van der Waals surface area contributed by atoms with Crippen molar-refractivity contribution in [2.75, 3.05) is 33.4 Å². The van der Waals surface area contributed by atoms with E-state index in [0.717, 1.165) is 53.5 Å². The molecule has 4 aliphatic heterocycles. The predicted octanol–water partition coefficient (Wildman–Crippen LogP) is 5.25. The summed E-state index contributed by atoms with van der Waals surface area (Å²) in [5.41, 5.74) is 3.91. The quantitative estimate of drug-likeness (QED) is 0.331. The average Bonchev–Trinajstić information content (AvgIpc) is 3.59. The van der Waals surface area contributed by atoms with Crippen LogP contribution in [-0.4, -0.2) is 96.9 Å². The molecule has 4 unspecified atom stereocenters.